The van der Waals surface area contributed by atoms with Gasteiger partial charge >= 0.3 is 0 Å². The zero-order valence-corrected chi connectivity index (χ0v) is 20.3. The summed E-state index contributed by atoms with van der Waals surface area (Å²) in [6.07, 6.45) is 0.856. The first kappa shape index (κ1) is 24.9. The van der Waals surface area contributed by atoms with Crippen LogP contribution in [-0.4, -0.2) is 56.7 Å². The van der Waals surface area contributed by atoms with Crippen LogP contribution in [0.3, 0.4) is 0 Å². The molecule has 6 nitrogen and oxygen atoms in total. The third-order valence-electron chi connectivity index (χ3n) is 4.87. The number of hydrogen-bond acceptors (Lipinski definition) is 6. The third kappa shape index (κ3) is 6.32. The predicted molar refractivity (Wildman–Crippen MR) is 130 cm³/mol. The summed E-state index contributed by atoms with van der Waals surface area (Å²) in [6, 6.07) is 11.4. The maximum atomic E-state index is 13.1. The van der Waals surface area contributed by atoms with E-state index in [1.807, 2.05) is 26.2 Å². The van der Waals surface area contributed by atoms with Crippen molar-refractivity contribution >= 4 is 45.0 Å². The quantitative estimate of drug-likeness (QED) is 0.460. The Hall–Kier alpha value is -2.35. The van der Waals surface area contributed by atoms with Crippen LogP contribution in [0.4, 0.5) is 5.13 Å². The molecule has 8 heteroatoms. The molecule has 0 N–H and O–H groups in total. The lowest BCUT2D eigenvalue weighted by Crippen LogP contribution is -2.36. The molecule has 1 heterocycles. The fraction of sp³-hybridized carbons (Fsp3) is 0.391. The first-order valence-corrected chi connectivity index (χ1v) is 10.8. The molecule has 1 aromatic heterocycles. The van der Waals surface area contributed by atoms with Crippen molar-refractivity contribution in [2.24, 2.45) is 0 Å². The average molecular weight is 464 g/mol. The summed E-state index contributed by atoms with van der Waals surface area (Å²) in [4.78, 5) is 21.8. The summed E-state index contributed by atoms with van der Waals surface area (Å²) < 4.78 is 12.0. The van der Waals surface area contributed by atoms with Gasteiger partial charge in [-0.05, 0) is 76.3 Å². The number of nitrogens with zero attached hydrogens (tertiary/aromatic N) is 3. The summed E-state index contributed by atoms with van der Waals surface area (Å²) in [5, 5.41) is 0.726. The van der Waals surface area contributed by atoms with Gasteiger partial charge in [-0.3, -0.25) is 9.69 Å². The first-order valence-electron chi connectivity index (χ1n) is 9.97. The lowest BCUT2D eigenvalue weighted by atomic mass is 10.1. The Labute approximate surface area is 194 Å². The van der Waals surface area contributed by atoms with E-state index in [0.29, 0.717) is 12.3 Å². The Kier molecular flexibility index (Phi) is 9.10. The number of carbonyl (C=O) groups is 1. The normalized spacial score (nSPS) is 10.8. The van der Waals surface area contributed by atoms with Crippen molar-refractivity contribution in [3.05, 3.63) is 47.5 Å². The SMILES string of the molecule is COc1ccc(OCC(=O)N(CCCN(C)C)c2nc3c(C)ccc(C)c3s2)cc1.Cl. The Balaban J connectivity index is 0.00000341. The fourth-order valence-corrected chi connectivity index (χ4v) is 4.29. The fourth-order valence-electron chi connectivity index (χ4n) is 3.13. The number of rotatable bonds is 9. The van der Waals surface area contributed by atoms with Crippen molar-refractivity contribution in [3.63, 3.8) is 0 Å². The minimum atomic E-state index is -0.0982. The van der Waals surface area contributed by atoms with Crippen molar-refractivity contribution in [1.29, 1.82) is 0 Å². The number of anilines is 1. The highest BCUT2D eigenvalue weighted by Gasteiger charge is 2.21. The van der Waals surface area contributed by atoms with Gasteiger partial charge in [0.25, 0.3) is 5.91 Å². The molecule has 0 bridgehead atoms. The molecule has 0 saturated heterocycles. The average Bonchev–Trinajstić information content (AvgIpc) is 3.19. The second kappa shape index (κ2) is 11.3. The standard InChI is InChI=1S/C23H29N3O3S.ClH/c1-16-7-8-17(2)22-21(16)24-23(30-22)26(14-6-13-25(3)4)20(27)15-29-19-11-9-18(28-5)10-12-19;/h7-12H,6,13-15H2,1-5H3;1H. The Morgan fingerprint density at radius 3 is 2.26 bits per heavy atom. The van der Waals surface area contributed by atoms with Crippen LogP contribution in [0.5, 0.6) is 11.5 Å². The van der Waals surface area contributed by atoms with Gasteiger partial charge in [-0.15, -0.1) is 12.4 Å². The number of benzene rings is 2. The van der Waals surface area contributed by atoms with Crippen LogP contribution in [0.15, 0.2) is 36.4 Å². The van der Waals surface area contributed by atoms with Crippen molar-refractivity contribution in [1.82, 2.24) is 9.88 Å². The van der Waals surface area contributed by atoms with E-state index in [2.05, 4.69) is 30.9 Å². The number of aromatic nitrogens is 1. The lowest BCUT2D eigenvalue weighted by molar-refractivity contribution is -0.120. The van der Waals surface area contributed by atoms with Gasteiger partial charge < -0.3 is 14.4 Å². The molecule has 0 aliphatic heterocycles. The zero-order valence-electron chi connectivity index (χ0n) is 18.7. The summed E-state index contributed by atoms with van der Waals surface area (Å²) in [5.74, 6) is 1.28. The van der Waals surface area contributed by atoms with E-state index in [1.54, 1.807) is 35.5 Å². The molecule has 3 rings (SSSR count). The lowest BCUT2D eigenvalue weighted by Gasteiger charge is -2.21. The third-order valence-corrected chi connectivity index (χ3v) is 6.09. The number of ether oxygens (including phenoxy) is 2. The molecule has 0 aliphatic rings. The number of carbonyl (C=O) groups excluding carboxylic acids is 1. The van der Waals surface area contributed by atoms with Crippen LogP contribution in [-0.2, 0) is 4.79 Å². The number of thiazole rings is 1. The number of methoxy groups -OCH3 is 1. The van der Waals surface area contributed by atoms with E-state index in [0.717, 1.165) is 39.6 Å². The highest BCUT2D eigenvalue weighted by atomic mass is 35.5. The van der Waals surface area contributed by atoms with Crippen LogP contribution in [0, 0.1) is 13.8 Å². The molecule has 0 fully saturated rings. The molecule has 1 amide bonds. The molecular weight excluding hydrogens is 434 g/mol. The van der Waals surface area contributed by atoms with Gasteiger partial charge in [-0.1, -0.05) is 23.5 Å². The molecule has 0 spiro atoms. The highest BCUT2D eigenvalue weighted by Crippen LogP contribution is 2.33. The van der Waals surface area contributed by atoms with E-state index < -0.39 is 0 Å². The van der Waals surface area contributed by atoms with Crippen molar-refractivity contribution < 1.29 is 14.3 Å². The molecular formula is C23H30ClN3O3S. The van der Waals surface area contributed by atoms with Gasteiger partial charge in [0.15, 0.2) is 11.7 Å². The Morgan fingerprint density at radius 2 is 1.65 bits per heavy atom. The van der Waals surface area contributed by atoms with Crippen LogP contribution >= 0.6 is 23.7 Å². The van der Waals surface area contributed by atoms with E-state index in [4.69, 9.17) is 14.5 Å². The molecule has 3 aromatic rings. The maximum absolute atomic E-state index is 13.1. The number of amides is 1. The summed E-state index contributed by atoms with van der Waals surface area (Å²) in [7, 11) is 5.68. The van der Waals surface area contributed by atoms with Crippen LogP contribution in [0.2, 0.25) is 0 Å². The molecule has 0 atom stereocenters. The maximum Gasteiger partial charge on any atom is 0.266 e. The number of halogens is 1. The van der Waals surface area contributed by atoms with E-state index >= 15 is 0 Å². The van der Waals surface area contributed by atoms with Gasteiger partial charge in [0.05, 0.1) is 17.3 Å². The Morgan fingerprint density at radius 1 is 1.00 bits per heavy atom. The van der Waals surface area contributed by atoms with Gasteiger partial charge in [0.1, 0.15) is 11.5 Å². The summed E-state index contributed by atoms with van der Waals surface area (Å²) in [5.41, 5.74) is 3.26. The minimum absolute atomic E-state index is 0. The van der Waals surface area contributed by atoms with Crippen LogP contribution in [0.25, 0.3) is 10.2 Å². The van der Waals surface area contributed by atoms with Gasteiger partial charge in [0, 0.05) is 6.54 Å². The number of aryl methyl sites for hydroxylation is 2. The summed E-state index contributed by atoms with van der Waals surface area (Å²) >= 11 is 1.57. The largest absolute Gasteiger partial charge is 0.497 e. The van der Waals surface area contributed by atoms with E-state index in [1.165, 1.54) is 5.56 Å². The Bertz CT molecular complexity index is 966. The topological polar surface area (TPSA) is 54.9 Å². The molecule has 0 unspecified atom stereocenters. The van der Waals surface area contributed by atoms with Gasteiger partial charge in [-0.2, -0.15) is 0 Å². The number of hydrogen-bond donors (Lipinski definition) is 0. The smallest absolute Gasteiger partial charge is 0.266 e. The van der Waals surface area contributed by atoms with E-state index in [9.17, 15) is 4.79 Å². The van der Waals surface area contributed by atoms with Crippen molar-refractivity contribution in [2.45, 2.75) is 20.3 Å². The van der Waals surface area contributed by atoms with E-state index in [-0.39, 0.29) is 24.9 Å². The molecule has 31 heavy (non-hydrogen) atoms. The summed E-state index contributed by atoms with van der Waals surface area (Å²) in [6.45, 7) is 5.58. The monoisotopic (exact) mass is 463 g/mol. The molecule has 0 radical (unpaired) electrons. The zero-order chi connectivity index (χ0) is 21.7. The molecule has 0 saturated carbocycles. The second-order valence-electron chi connectivity index (χ2n) is 7.54. The molecule has 0 aliphatic carbocycles. The molecule has 168 valence electrons. The van der Waals surface area contributed by atoms with Gasteiger partial charge in [0.2, 0.25) is 0 Å². The molecule has 2 aromatic carbocycles. The van der Waals surface area contributed by atoms with Crippen molar-refractivity contribution in [3.8, 4) is 11.5 Å². The second-order valence-corrected chi connectivity index (χ2v) is 8.52. The van der Waals surface area contributed by atoms with Crippen LogP contribution < -0.4 is 14.4 Å². The van der Waals surface area contributed by atoms with Crippen LogP contribution in [0.1, 0.15) is 17.5 Å². The minimum Gasteiger partial charge on any atom is -0.497 e. The first-order chi connectivity index (χ1) is 14.4. The van der Waals surface area contributed by atoms with Gasteiger partial charge in [-0.25, -0.2) is 4.98 Å². The number of fused-ring (bicyclic) bond motifs is 1. The van der Waals surface area contributed by atoms with Crippen molar-refractivity contribution in [2.75, 3.05) is 45.8 Å². The predicted octanol–water partition coefficient (Wildman–Crippen LogP) is 4.71. The highest BCUT2D eigenvalue weighted by molar-refractivity contribution is 7.22.